The summed E-state index contributed by atoms with van der Waals surface area (Å²) in [5.74, 6) is 0. The maximum atomic E-state index is 13.2. The number of halogens is 12. The van der Waals surface area contributed by atoms with Crippen LogP contribution in [0.1, 0.15) is 0 Å². The Morgan fingerprint density at radius 1 is 0.579 bits per heavy atom. The molecule has 19 heavy (non-hydrogen) atoms. The molecule has 0 amide bonds. The predicted molar refractivity (Wildman–Crippen MR) is 34.2 cm³/mol. The van der Waals surface area contributed by atoms with E-state index >= 15 is 0 Å². The fraction of sp³-hybridized carbons (Fsp3) is 1.00. The van der Waals surface area contributed by atoms with E-state index in [1.54, 1.807) is 0 Å². The van der Waals surface area contributed by atoms with Crippen molar-refractivity contribution in [2.75, 3.05) is 0 Å². The van der Waals surface area contributed by atoms with Crippen molar-refractivity contribution in [3.63, 3.8) is 0 Å². The van der Waals surface area contributed by atoms with E-state index in [0.29, 0.717) is 0 Å². The van der Waals surface area contributed by atoms with Crippen LogP contribution in [0.3, 0.4) is 0 Å². The molecular formula is C7H2F12. The average Bonchev–Trinajstić information content (AvgIpc) is 2.10. The topological polar surface area (TPSA) is 0 Å². The van der Waals surface area contributed by atoms with Gasteiger partial charge in [-0.2, -0.15) is 39.5 Å². The first-order valence-electron chi connectivity index (χ1n) is 4.24. The molecule has 0 aliphatic heterocycles. The zero-order valence-electron chi connectivity index (χ0n) is 8.19. The fourth-order valence-electron chi connectivity index (χ4n) is 2.01. The third-order valence-electron chi connectivity index (χ3n) is 2.93. The standard InChI is InChI=1S/C7H2F12/c8-1-2(9)4(10,7(17,18)19)3(1,5(11,12)13)6(14,15)16/h1-2H. The summed E-state index contributed by atoms with van der Waals surface area (Å²) in [6, 6.07) is 0. The lowest BCUT2D eigenvalue weighted by atomic mass is 9.53. The van der Waals surface area contributed by atoms with E-state index in [2.05, 4.69) is 0 Å². The van der Waals surface area contributed by atoms with E-state index < -0.39 is 42.0 Å². The van der Waals surface area contributed by atoms with Crippen molar-refractivity contribution in [2.45, 2.75) is 36.5 Å². The second-order valence-corrected chi connectivity index (χ2v) is 3.82. The second kappa shape index (κ2) is 3.62. The van der Waals surface area contributed by atoms with Gasteiger partial charge in [-0.25, -0.2) is 13.2 Å². The molecule has 0 nitrogen and oxygen atoms in total. The van der Waals surface area contributed by atoms with Crippen LogP contribution in [-0.4, -0.2) is 36.5 Å². The van der Waals surface area contributed by atoms with Gasteiger partial charge in [-0.1, -0.05) is 0 Å². The molecule has 0 spiro atoms. The summed E-state index contributed by atoms with van der Waals surface area (Å²) < 4.78 is 148. The lowest BCUT2D eigenvalue weighted by Gasteiger charge is -2.58. The highest BCUT2D eigenvalue weighted by atomic mass is 19.4. The predicted octanol–water partition coefficient (Wildman–Crippen LogP) is 4.06. The number of hydrogen-bond acceptors (Lipinski definition) is 0. The normalized spacial score (nSPS) is 36.0. The molecule has 0 aromatic heterocycles. The Balaban J connectivity index is 3.64. The maximum Gasteiger partial charge on any atom is 0.426 e. The molecule has 0 aromatic carbocycles. The SMILES string of the molecule is FC1C(F)C(C(F)(F)F)(C(F)(F)F)C1(F)C(F)(F)F. The molecule has 3 unspecified atom stereocenters. The largest absolute Gasteiger partial charge is 0.426 e. The third-order valence-corrected chi connectivity index (χ3v) is 2.93. The van der Waals surface area contributed by atoms with Crippen molar-refractivity contribution in [1.29, 1.82) is 0 Å². The van der Waals surface area contributed by atoms with Crippen LogP contribution in [0.5, 0.6) is 0 Å². The van der Waals surface area contributed by atoms with E-state index in [1.807, 2.05) is 0 Å². The summed E-state index contributed by atoms with van der Waals surface area (Å²) in [6.07, 6.45) is -30.3. The van der Waals surface area contributed by atoms with Crippen LogP contribution < -0.4 is 0 Å². The van der Waals surface area contributed by atoms with Crippen LogP contribution in [0.25, 0.3) is 0 Å². The highest BCUT2D eigenvalue weighted by molar-refractivity contribution is 5.29. The fourth-order valence-corrected chi connectivity index (χ4v) is 2.01. The van der Waals surface area contributed by atoms with Gasteiger partial charge >= 0.3 is 18.5 Å². The van der Waals surface area contributed by atoms with Gasteiger partial charge < -0.3 is 0 Å². The second-order valence-electron chi connectivity index (χ2n) is 3.82. The Morgan fingerprint density at radius 3 is 1.05 bits per heavy atom. The Kier molecular flexibility index (Phi) is 3.09. The molecule has 1 aliphatic carbocycles. The van der Waals surface area contributed by atoms with Gasteiger partial charge in [-0.3, -0.25) is 0 Å². The van der Waals surface area contributed by atoms with E-state index in [1.165, 1.54) is 0 Å². The molecule has 3 atom stereocenters. The molecule has 0 aromatic rings. The molecule has 1 rings (SSSR count). The van der Waals surface area contributed by atoms with Crippen LogP contribution in [0, 0.1) is 5.41 Å². The summed E-state index contributed by atoms with van der Waals surface area (Å²) >= 11 is 0. The van der Waals surface area contributed by atoms with Gasteiger partial charge in [0.2, 0.25) is 5.41 Å². The third kappa shape index (κ3) is 1.51. The first-order valence-corrected chi connectivity index (χ1v) is 4.24. The Morgan fingerprint density at radius 2 is 0.895 bits per heavy atom. The monoisotopic (exact) mass is 314 g/mol. The first kappa shape index (κ1) is 16.2. The molecule has 1 fully saturated rings. The van der Waals surface area contributed by atoms with Crippen molar-refractivity contribution in [1.82, 2.24) is 0 Å². The van der Waals surface area contributed by atoms with E-state index in [0.717, 1.165) is 0 Å². The maximum absolute atomic E-state index is 13.2. The summed E-state index contributed by atoms with van der Waals surface area (Å²) in [5, 5.41) is 0. The van der Waals surface area contributed by atoms with Gasteiger partial charge in [0.1, 0.15) is 0 Å². The summed E-state index contributed by atoms with van der Waals surface area (Å²) in [4.78, 5) is 0. The van der Waals surface area contributed by atoms with Gasteiger partial charge in [0.05, 0.1) is 0 Å². The van der Waals surface area contributed by atoms with E-state index in [-0.39, 0.29) is 0 Å². The number of hydrogen-bond donors (Lipinski definition) is 0. The van der Waals surface area contributed by atoms with Gasteiger partial charge in [-0.05, 0) is 0 Å². The molecule has 1 saturated carbocycles. The average molecular weight is 314 g/mol. The van der Waals surface area contributed by atoms with Crippen LogP contribution in [0.2, 0.25) is 0 Å². The van der Waals surface area contributed by atoms with Gasteiger partial charge in [0.25, 0.3) is 5.67 Å². The zero-order valence-corrected chi connectivity index (χ0v) is 8.19. The number of rotatable bonds is 0. The Labute approximate surface area is 95.9 Å². The first-order chi connectivity index (χ1) is 8.07. The summed E-state index contributed by atoms with van der Waals surface area (Å²) in [7, 11) is 0. The molecule has 12 heteroatoms. The molecule has 0 saturated heterocycles. The van der Waals surface area contributed by atoms with Crippen LogP contribution in [-0.2, 0) is 0 Å². The van der Waals surface area contributed by atoms with Crippen molar-refractivity contribution in [2.24, 2.45) is 5.41 Å². The van der Waals surface area contributed by atoms with Crippen molar-refractivity contribution >= 4 is 0 Å². The smallest absolute Gasteiger partial charge is 0.243 e. The van der Waals surface area contributed by atoms with E-state index in [9.17, 15) is 52.7 Å². The quantitative estimate of drug-likeness (QED) is 0.592. The van der Waals surface area contributed by atoms with Crippen molar-refractivity contribution in [3.05, 3.63) is 0 Å². The Hall–Kier alpha value is -0.840. The minimum Gasteiger partial charge on any atom is -0.243 e. The lowest BCUT2D eigenvalue weighted by molar-refractivity contribution is -0.489. The van der Waals surface area contributed by atoms with Crippen molar-refractivity contribution in [3.8, 4) is 0 Å². The van der Waals surface area contributed by atoms with Crippen molar-refractivity contribution < 1.29 is 52.7 Å². The van der Waals surface area contributed by atoms with Gasteiger partial charge in [0.15, 0.2) is 12.3 Å². The zero-order chi connectivity index (χ0) is 15.7. The lowest BCUT2D eigenvalue weighted by Crippen LogP contribution is -2.86. The molecule has 0 radical (unpaired) electrons. The van der Waals surface area contributed by atoms with Gasteiger partial charge in [0, 0.05) is 0 Å². The minimum absolute atomic E-state index is 4.62. The number of alkyl halides is 12. The molecular weight excluding hydrogens is 312 g/mol. The Bertz CT molecular complexity index is 346. The molecule has 1 aliphatic rings. The summed E-state index contributed by atoms with van der Waals surface area (Å²) in [5.41, 5.74) is -12.9. The molecule has 114 valence electrons. The molecule has 0 N–H and O–H groups in total. The van der Waals surface area contributed by atoms with Crippen LogP contribution >= 0.6 is 0 Å². The molecule has 0 heterocycles. The van der Waals surface area contributed by atoms with Crippen LogP contribution in [0.4, 0.5) is 52.7 Å². The van der Waals surface area contributed by atoms with Crippen LogP contribution in [0.15, 0.2) is 0 Å². The minimum atomic E-state index is -7.02. The van der Waals surface area contributed by atoms with E-state index in [4.69, 9.17) is 0 Å². The molecule has 0 bridgehead atoms. The highest BCUT2D eigenvalue weighted by Crippen LogP contribution is 2.73. The van der Waals surface area contributed by atoms with Gasteiger partial charge in [-0.15, -0.1) is 0 Å². The summed E-state index contributed by atoms with van der Waals surface area (Å²) in [6.45, 7) is 0. The highest BCUT2D eigenvalue weighted by Gasteiger charge is 3.00.